The van der Waals surface area contributed by atoms with Crippen molar-refractivity contribution in [2.75, 3.05) is 29.9 Å². The van der Waals surface area contributed by atoms with Crippen molar-refractivity contribution in [1.82, 2.24) is 0 Å². The fourth-order valence-electron chi connectivity index (χ4n) is 3.40. The molecule has 1 amide bonds. The van der Waals surface area contributed by atoms with E-state index in [1.807, 2.05) is 32.0 Å². The van der Waals surface area contributed by atoms with Gasteiger partial charge in [-0.05, 0) is 87.1 Å². The Balaban J connectivity index is 1.55. The number of rotatable bonds is 5. The number of nitrogens with zero attached hydrogens (tertiary/aromatic N) is 1. The fourth-order valence-corrected chi connectivity index (χ4v) is 3.40. The van der Waals surface area contributed by atoms with Gasteiger partial charge in [0.2, 0.25) is 0 Å². The number of hydrogen-bond acceptors (Lipinski definition) is 3. The zero-order valence-electron chi connectivity index (χ0n) is 16.0. The molecular formula is C22H28N2O2. The summed E-state index contributed by atoms with van der Waals surface area (Å²) in [6.45, 7) is 8.35. The van der Waals surface area contributed by atoms with Gasteiger partial charge in [-0.15, -0.1) is 0 Å². The van der Waals surface area contributed by atoms with Gasteiger partial charge in [0.25, 0.3) is 5.91 Å². The summed E-state index contributed by atoms with van der Waals surface area (Å²) >= 11 is 0. The number of ether oxygens (including phenoxy) is 1. The number of benzene rings is 2. The van der Waals surface area contributed by atoms with E-state index in [2.05, 4.69) is 35.3 Å². The van der Waals surface area contributed by atoms with Crippen molar-refractivity contribution in [3.63, 3.8) is 0 Å². The lowest BCUT2D eigenvalue weighted by atomic mass is 10.1. The third-order valence-corrected chi connectivity index (χ3v) is 5.00. The van der Waals surface area contributed by atoms with Gasteiger partial charge in [0.1, 0.15) is 5.75 Å². The van der Waals surface area contributed by atoms with Gasteiger partial charge in [-0.2, -0.15) is 0 Å². The Kier molecular flexibility index (Phi) is 5.82. The van der Waals surface area contributed by atoms with Crippen LogP contribution in [-0.2, 0) is 4.79 Å². The largest absolute Gasteiger partial charge is 0.483 e. The van der Waals surface area contributed by atoms with Gasteiger partial charge in [-0.3, -0.25) is 4.79 Å². The zero-order valence-corrected chi connectivity index (χ0v) is 16.0. The van der Waals surface area contributed by atoms with Crippen molar-refractivity contribution in [3.8, 4) is 5.75 Å². The summed E-state index contributed by atoms with van der Waals surface area (Å²) in [6, 6.07) is 12.2. The highest BCUT2D eigenvalue weighted by Gasteiger charge is 2.11. The molecule has 0 radical (unpaired) electrons. The van der Waals surface area contributed by atoms with E-state index in [1.54, 1.807) is 0 Å². The van der Waals surface area contributed by atoms with Crippen LogP contribution in [0.15, 0.2) is 36.4 Å². The first-order valence-corrected chi connectivity index (χ1v) is 9.38. The second kappa shape index (κ2) is 8.26. The lowest BCUT2D eigenvalue weighted by Gasteiger charge is -2.28. The molecule has 3 rings (SSSR count). The van der Waals surface area contributed by atoms with Gasteiger partial charge in [-0.1, -0.05) is 6.07 Å². The van der Waals surface area contributed by atoms with Crippen LogP contribution in [0.3, 0.4) is 0 Å². The lowest BCUT2D eigenvalue weighted by molar-refractivity contribution is -0.118. The SMILES string of the molecule is Cc1cc(C)c(C)c(OCC(=O)Nc2ccc(N3CCCCC3)cc2)c1. The average molecular weight is 352 g/mol. The Hall–Kier alpha value is -2.49. The minimum absolute atomic E-state index is 0.0115. The van der Waals surface area contributed by atoms with Crippen LogP contribution in [0.2, 0.25) is 0 Å². The smallest absolute Gasteiger partial charge is 0.262 e. The normalized spacial score (nSPS) is 14.2. The minimum Gasteiger partial charge on any atom is -0.483 e. The van der Waals surface area contributed by atoms with Gasteiger partial charge in [0, 0.05) is 24.5 Å². The Morgan fingerprint density at radius 3 is 2.42 bits per heavy atom. The molecule has 4 heteroatoms. The van der Waals surface area contributed by atoms with E-state index < -0.39 is 0 Å². The van der Waals surface area contributed by atoms with Crippen molar-refractivity contribution in [3.05, 3.63) is 53.1 Å². The lowest BCUT2D eigenvalue weighted by Crippen LogP contribution is -2.29. The van der Waals surface area contributed by atoms with Crippen molar-refractivity contribution in [1.29, 1.82) is 0 Å². The van der Waals surface area contributed by atoms with Crippen LogP contribution in [0.25, 0.3) is 0 Å². The summed E-state index contributed by atoms with van der Waals surface area (Å²) in [5.74, 6) is 0.632. The Bertz CT molecular complexity index is 762. The summed E-state index contributed by atoms with van der Waals surface area (Å²) < 4.78 is 5.73. The maximum absolute atomic E-state index is 12.2. The molecule has 0 unspecified atom stereocenters. The topological polar surface area (TPSA) is 41.6 Å². The van der Waals surface area contributed by atoms with Gasteiger partial charge in [0.05, 0.1) is 0 Å². The number of amides is 1. The Morgan fingerprint density at radius 2 is 1.73 bits per heavy atom. The first-order chi connectivity index (χ1) is 12.5. The molecule has 1 aliphatic rings. The molecule has 0 bridgehead atoms. The van der Waals surface area contributed by atoms with Crippen LogP contribution < -0.4 is 15.0 Å². The second-order valence-electron chi connectivity index (χ2n) is 7.14. The number of anilines is 2. The van der Waals surface area contributed by atoms with Gasteiger partial charge in [-0.25, -0.2) is 0 Å². The van der Waals surface area contributed by atoms with Gasteiger partial charge in [0.15, 0.2) is 6.61 Å². The number of hydrogen-bond donors (Lipinski definition) is 1. The van der Waals surface area contributed by atoms with Crippen LogP contribution in [0.1, 0.15) is 36.0 Å². The van der Waals surface area contributed by atoms with Crippen LogP contribution in [0.4, 0.5) is 11.4 Å². The zero-order chi connectivity index (χ0) is 18.5. The van der Waals surface area contributed by atoms with Gasteiger partial charge < -0.3 is 15.0 Å². The van der Waals surface area contributed by atoms with Crippen LogP contribution in [0, 0.1) is 20.8 Å². The summed E-state index contributed by atoms with van der Waals surface area (Å²) in [4.78, 5) is 14.6. The highest BCUT2D eigenvalue weighted by atomic mass is 16.5. The molecular weight excluding hydrogens is 324 g/mol. The number of aryl methyl sites for hydroxylation is 2. The highest BCUT2D eigenvalue weighted by Crippen LogP contribution is 2.24. The quantitative estimate of drug-likeness (QED) is 0.854. The van der Waals surface area contributed by atoms with E-state index in [0.29, 0.717) is 0 Å². The third-order valence-electron chi connectivity index (χ3n) is 5.00. The maximum atomic E-state index is 12.2. The molecule has 2 aromatic carbocycles. The predicted molar refractivity (Wildman–Crippen MR) is 107 cm³/mol. The molecule has 1 aliphatic heterocycles. The molecule has 4 nitrogen and oxygen atoms in total. The molecule has 26 heavy (non-hydrogen) atoms. The number of carbonyl (C=O) groups excluding carboxylic acids is 1. The molecule has 0 spiro atoms. The van der Waals surface area contributed by atoms with E-state index in [1.165, 1.54) is 30.5 Å². The number of nitrogens with one attached hydrogen (secondary N) is 1. The summed E-state index contributed by atoms with van der Waals surface area (Å²) in [7, 11) is 0. The summed E-state index contributed by atoms with van der Waals surface area (Å²) in [5, 5.41) is 2.91. The van der Waals surface area contributed by atoms with E-state index in [4.69, 9.17) is 4.74 Å². The molecule has 1 heterocycles. The summed E-state index contributed by atoms with van der Waals surface area (Å²) in [6.07, 6.45) is 3.84. The highest BCUT2D eigenvalue weighted by molar-refractivity contribution is 5.92. The third kappa shape index (κ3) is 4.57. The molecule has 0 saturated carbocycles. The standard InChI is InChI=1S/C22H28N2O2/c1-16-13-17(2)18(3)21(14-16)26-15-22(25)23-19-7-9-20(10-8-19)24-11-5-4-6-12-24/h7-10,13-14H,4-6,11-12,15H2,1-3H3,(H,23,25). The van der Waals surface area contributed by atoms with E-state index >= 15 is 0 Å². The number of carbonyl (C=O) groups is 1. The minimum atomic E-state index is -0.144. The van der Waals surface area contributed by atoms with Crippen LogP contribution >= 0.6 is 0 Å². The molecule has 1 saturated heterocycles. The first kappa shape index (κ1) is 18.3. The predicted octanol–water partition coefficient (Wildman–Crippen LogP) is 4.62. The van der Waals surface area contributed by atoms with E-state index in [9.17, 15) is 4.79 Å². The Morgan fingerprint density at radius 1 is 1.04 bits per heavy atom. The van der Waals surface area contributed by atoms with Gasteiger partial charge >= 0.3 is 0 Å². The van der Waals surface area contributed by atoms with Crippen molar-refractivity contribution >= 4 is 17.3 Å². The molecule has 2 aromatic rings. The molecule has 1 fully saturated rings. The summed E-state index contributed by atoms with van der Waals surface area (Å²) in [5.41, 5.74) is 5.42. The van der Waals surface area contributed by atoms with E-state index in [0.717, 1.165) is 35.7 Å². The molecule has 138 valence electrons. The van der Waals surface area contributed by atoms with E-state index in [-0.39, 0.29) is 12.5 Å². The maximum Gasteiger partial charge on any atom is 0.262 e. The number of piperidine rings is 1. The Labute approximate surface area is 156 Å². The fraction of sp³-hybridized carbons (Fsp3) is 0.409. The van der Waals surface area contributed by atoms with Crippen molar-refractivity contribution < 1.29 is 9.53 Å². The van der Waals surface area contributed by atoms with Crippen LogP contribution in [-0.4, -0.2) is 25.6 Å². The first-order valence-electron chi connectivity index (χ1n) is 9.38. The van der Waals surface area contributed by atoms with Crippen molar-refractivity contribution in [2.24, 2.45) is 0 Å². The molecule has 0 aromatic heterocycles. The van der Waals surface area contributed by atoms with Crippen molar-refractivity contribution in [2.45, 2.75) is 40.0 Å². The molecule has 1 N–H and O–H groups in total. The molecule has 0 atom stereocenters. The van der Waals surface area contributed by atoms with Crippen LogP contribution in [0.5, 0.6) is 5.75 Å². The monoisotopic (exact) mass is 352 g/mol. The average Bonchev–Trinajstić information content (AvgIpc) is 2.65. The second-order valence-corrected chi connectivity index (χ2v) is 7.14. The molecule has 0 aliphatic carbocycles.